The standard InChI is InChI=1S/C21H30N4O4S/c1-15(2)22-21(27)24-8-5-23(6-9-24)7-10-25-19(26)14-30-20(25)16-3-4-17-18(13-16)29-12-11-28-17/h3-4,13,15,20H,5-12,14H2,1-2H3,(H,22,27). The minimum atomic E-state index is 0.00596. The number of urea groups is 1. The van der Waals surface area contributed by atoms with Crippen molar-refractivity contribution >= 4 is 23.7 Å². The number of fused-ring (bicyclic) bond motifs is 1. The van der Waals surface area contributed by atoms with Crippen molar-refractivity contribution in [3.63, 3.8) is 0 Å². The van der Waals surface area contributed by atoms with E-state index in [2.05, 4.69) is 10.2 Å². The van der Waals surface area contributed by atoms with Gasteiger partial charge in [0.15, 0.2) is 11.5 Å². The fourth-order valence-electron chi connectivity index (χ4n) is 3.95. The van der Waals surface area contributed by atoms with E-state index in [0.717, 1.165) is 36.7 Å². The fourth-order valence-corrected chi connectivity index (χ4v) is 5.16. The van der Waals surface area contributed by atoms with E-state index in [4.69, 9.17) is 9.47 Å². The van der Waals surface area contributed by atoms with E-state index in [-0.39, 0.29) is 23.4 Å². The average molecular weight is 435 g/mol. The molecule has 3 amide bonds. The number of thioether (sulfide) groups is 1. The van der Waals surface area contributed by atoms with Crippen molar-refractivity contribution in [2.75, 3.05) is 58.2 Å². The summed E-state index contributed by atoms with van der Waals surface area (Å²) in [7, 11) is 0. The number of hydrogen-bond donors (Lipinski definition) is 1. The first-order valence-corrected chi connectivity index (χ1v) is 11.6. The van der Waals surface area contributed by atoms with Gasteiger partial charge in [-0.05, 0) is 31.5 Å². The van der Waals surface area contributed by atoms with Crippen molar-refractivity contribution in [3.05, 3.63) is 23.8 Å². The Labute approximate surface area is 181 Å². The van der Waals surface area contributed by atoms with Gasteiger partial charge in [0.2, 0.25) is 5.91 Å². The number of benzene rings is 1. The van der Waals surface area contributed by atoms with Crippen molar-refractivity contribution in [1.29, 1.82) is 0 Å². The fraction of sp³-hybridized carbons (Fsp3) is 0.619. The van der Waals surface area contributed by atoms with Crippen molar-refractivity contribution in [2.24, 2.45) is 0 Å². The summed E-state index contributed by atoms with van der Waals surface area (Å²) in [5.41, 5.74) is 1.07. The molecule has 0 radical (unpaired) electrons. The second-order valence-corrected chi connectivity index (χ2v) is 9.16. The average Bonchev–Trinajstić information content (AvgIpc) is 3.12. The lowest BCUT2D eigenvalue weighted by Crippen LogP contribution is -2.53. The van der Waals surface area contributed by atoms with Gasteiger partial charge in [0, 0.05) is 45.3 Å². The minimum absolute atomic E-state index is 0.00596. The lowest BCUT2D eigenvalue weighted by molar-refractivity contribution is -0.128. The molecule has 0 aliphatic carbocycles. The zero-order valence-electron chi connectivity index (χ0n) is 17.6. The summed E-state index contributed by atoms with van der Waals surface area (Å²) in [6, 6.07) is 6.13. The van der Waals surface area contributed by atoms with E-state index in [0.29, 0.717) is 38.6 Å². The van der Waals surface area contributed by atoms with Crippen LogP contribution in [-0.2, 0) is 4.79 Å². The third kappa shape index (κ3) is 4.78. The van der Waals surface area contributed by atoms with E-state index < -0.39 is 0 Å². The van der Waals surface area contributed by atoms with Crippen LogP contribution in [0, 0.1) is 0 Å². The van der Waals surface area contributed by atoms with Gasteiger partial charge in [-0.15, -0.1) is 11.8 Å². The van der Waals surface area contributed by atoms with Crippen molar-refractivity contribution < 1.29 is 19.1 Å². The molecule has 1 aromatic carbocycles. The number of ether oxygens (including phenoxy) is 2. The SMILES string of the molecule is CC(C)NC(=O)N1CCN(CCN2C(=O)CSC2c2ccc3c(c2)OCCO3)CC1. The Hall–Kier alpha value is -2.13. The number of piperazine rings is 1. The van der Waals surface area contributed by atoms with Crippen LogP contribution in [0.5, 0.6) is 11.5 Å². The molecule has 1 aromatic rings. The normalized spacial score (nSPS) is 22.0. The van der Waals surface area contributed by atoms with E-state index in [1.807, 2.05) is 41.8 Å². The molecule has 0 spiro atoms. The van der Waals surface area contributed by atoms with Crippen LogP contribution >= 0.6 is 11.8 Å². The zero-order chi connectivity index (χ0) is 21.1. The summed E-state index contributed by atoms with van der Waals surface area (Å²) in [5.74, 6) is 2.21. The Balaban J connectivity index is 1.32. The highest BCUT2D eigenvalue weighted by Crippen LogP contribution is 2.42. The molecule has 9 heteroatoms. The van der Waals surface area contributed by atoms with E-state index in [1.54, 1.807) is 11.8 Å². The Kier molecular flexibility index (Phi) is 6.58. The first-order chi connectivity index (χ1) is 14.5. The zero-order valence-corrected chi connectivity index (χ0v) is 18.5. The summed E-state index contributed by atoms with van der Waals surface area (Å²) in [5, 5.41) is 2.96. The molecule has 2 fully saturated rings. The van der Waals surface area contributed by atoms with Crippen molar-refractivity contribution in [1.82, 2.24) is 20.0 Å². The maximum Gasteiger partial charge on any atom is 0.317 e. The molecule has 164 valence electrons. The van der Waals surface area contributed by atoms with Crippen LogP contribution in [-0.4, -0.2) is 90.9 Å². The quantitative estimate of drug-likeness (QED) is 0.761. The molecule has 3 aliphatic heterocycles. The summed E-state index contributed by atoms with van der Waals surface area (Å²) < 4.78 is 11.3. The van der Waals surface area contributed by atoms with Crippen LogP contribution in [0.3, 0.4) is 0 Å². The third-order valence-corrected chi connectivity index (χ3v) is 6.80. The van der Waals surface area contributed by atoms with Crippen molar-refractivity contribution in [2.45, 2.75) is 25.3 Å². The number of hydrogen-bond acceptors (Lipinski definition) is 6. The topological polar surface area (TPSA) is 74.4 Å². The number of carbonyl (C=O) groups is 2. The Morgan fingerprint density at radius 2 is 1.87 bits per heavy atom. The van der Waals surface area contributed by atoms with Crippen LogP contribution in [0.25, 0.3) is 0 Å². The Morgan fingerprint density at radius 3 is 2.60 bits per heavy atom. The van der Waals surface area contributed by atoms with Crippen LogP contribution in [0.2, 0.25) is 0 Å². The predicted molar refractivity (Wildman–Crippen MR) is 116 cm³/mol. The highest BCUT2D eigenvalue weighted by Gasteiger charge is 2.34. The second-order valence-electron chi connectivity index (χ2n) is 8.09. The molecule has 2 saturated heterocycles. The van der Waals surface area contributed by atoms with Gasteiger partial charge in [0.1, 0.15) is 18.6 Å². The molecule has 3 aliphatic rings. The Bertz CT molecular complexity index is 782. The monoisotopic (exact) mass is 434 g/mol. The Morgan fingerprint density at radius 1 is 1.13 bits per heavy atom. The molecule has 1 N–H and O–H groups in total. The lowest BCUT2D eigenvalue weighted by atomic mass is 10.1. The van der Waals surface area contributed by atoms with E-state index in [9.17, 15) is 9.59 Å². The van der Waals surface area contributed by atoms with Gasteiger partial charge in [0.25, 0.3) is 0 Å². The smallest absolute Gasteiger partial charge is 0.317 e. The largest absolute Gasteiger partial charge is 0.486 e. The molecule has 1 unspecified atom stereocenters. The first kappa shape index (κ1) is 21.1. The van der Waals surface area contributed by atoms with E-state index >= 15 is 0 Å². The van der Waals surface area contributed by atoms with Crippen LogP contribution in [0.15, 0.2) is 18.2 Å². The number of rotatable bonds is 5. The summed E-state index contributed by atoms with van der Waals surface area (Å²) in [6.45, 7) is 9.65. The molecule has 8 nitrogen and oxygen atoms in total. The van der Waals surface area contributed by atoms with Gasteiger partial charge in [-0.1, -0.05) is 6.07 Å². The lowest BCUT2D eigenvalue weighted by Gasteiger charge is -2.36. The summed E-state index contributed by atoms with van der Waals surface area (Å²) >= 11 is 1.66. The summed E-state index contributed by atoms with van der Waals surface area (Å²) in [4.78, 5) is 30.8. The van der Waals surface area contributed by atoms with Gasteiger partial charge in [-0.25, -0.2) is 4.79 Å². The number of carbonyl (C=O) groups excluding carboxylic acids is 2. The van der Waals surface area contributed by atoms with Crippen LogP contribution < -0.4 is 14.8 Å². The van der Waals surface area contributed by atoms with E-state index in [1.165, 1.54) is 0 Å². The third-order valence-electron chi connectivity index (χ3n) is 5.55. The molecular formula is C21H30N4O4S. The van der Waals surface area contributed by atoms with Crippen LogP contribution in [0.4, 0.5) is 4.79 Å². The molecule has 1 atom stereocenters. The molecular weight excluding hydrogens is 404 g/mol. The highest BCUT2D eigenvalue weighted by molar-refractivity contribution is 8.00. The molecule has 4 rings (SSSR count). The molecule has 0 saturated carbocycles. The van der Waals surface area contributed by atoms with Gasteiger partial charge in [-0.3, -0.25) is 9.69 Å². The van der Waals surface area contributed by atoms with Crippen LogP contribution in [0.1, 0.15) is 24.8 Å². The van der Waals surface area contributed by atoms with Gasteiger partial charge >= 0.3 is 6.03 Å². The first-order valence-electron chi connectivity index (χ1n) is 10.6. The maximum atomic E-state index is 12.5. The predicted octanol–water partition coefficient (Wildman–Crippen LogP) is 1.77. The maximum absolute atomic E-state index is 12.5. The summed E-state index contributed by atoms with van der Waals surface area (Å²) in [6.07, 6.45) is 0. The molecule has 0 aromatic heterocycles. The number of nitrogens with one attached hydrogen (secondary N) is 1. The molecule has 30 heavy (non-hydrogen) atoms. The minimum Gasteiger partial charge on any atom is -0.486 e. The molecule has 0 bridgehead atoms. The second kappa shape index (κ2) is 9.34. The number of amides is 3. The van der Waals surface area contributed by atoms with Gasteiger partial charge < -0.3 is 24.6 Å². The van der Waals surface area contributed by atoms with Crippen molar-refractivity contribution in [3.8, 4) is 11.5 Å². The van der Waals surface area contributed by atoms with Gasteiger partial charge in [-0.2, -0.15) is 0 Å². The van der Waals surface area contributed by atoms with Gasteiger partial charge in [0.05, 0.1) is 5.75 Å². The highest BCUT2D eigenvalue weighted by atomic mass is 32.2. The number of nitrogens with zero attached hydrogens (tertiary/aromatic N) is 3. The molecule has 3 heterocycles.